The van der Waals surface area contributed by atoms with E-state index in [2.05, 4.69) is 15.0 Å². The smallest absolute Gasteiger partial charge is 0.228 e. The fourth-order valence-electron chi connectivity index (χ4n) is 2.55. The Kier molecular flexibility index (Phi) is 4.24. The molecule has 112 valence electrons. The van der Waals surface area contributed by atoms with Crippen LogP contribution < -0.4 is 0 Å². The minimum atomic E-state index is -0.910. The molecule has 1 aromatic heterocycles. The van der Waals surface area contributed by atoms with E-state index in [1.165, 1.54) is 25.3 Å². The van der Waals surface area contributed by atoms with Gasteiger partial charge in [-0.3, -0.25) is 0 Å². The Hall–Kier alpha value is -1.82. The van der Waals surface area contributed by atoms with Crippen molar-refractivity contribution in [2.24, 2.45) is 0 Å². The van der Waals surface area contributed by atoms with Crippen molar-refractivity contribution >= 4 is 0 Å². The molecule has 2 aromatic rings. The number of nitrogens with zero attached hydrogens (tertiary/aromatic N) is 3. The van der Waals surface area contributed by atoms with Gasteiger partial charge in [0.05, 0.1) is 0 Å². The largest absolute Gasteiger partial charge is 0.339 e. The monoisotopic (exact) mass is 293 g/mol. The lowest BCUT2D eigenvalue weighted by Crippen LogP contribution is -2.31. The van der Waals surface area contributed by atoms with Gasteiger partial charge >= 0.3 is 0 Å². The van der Waals surface area contributed by atoms with Gasteiger partial charge in [-0.15, -0.1) is 0 Å². The molecule has 1 saturated heterocycles. The zero-order chi connectivity index (χ0) is 14.7. The lowest BCUT2D eigenvalue weighted by molar-refractivity contribution is 0.223. The number of aromatic nitrogens is 2. The molecule has 4 nitrogen and oxygen atoms in total. The van der Waals surface area contributed by atoms with Crippen LogP contribution in [0.15, 0.2) is 22.7 Å². The summed E-state index contributed by atoms with van der Waals surface area (Å²) >= 11 is 0. The van der Waals surface area contributed by atoms with E-state index in [4.69, 9.17) is 4.52 Å². The van der Waals surface area contributed by atoms with Crippen LogP contribution in [0.3, 0.4) is 0 Å². The van der Waals surface area contributed by atoms with E-state index in [0.717, 1.165) is 31.8 Å². The number of halogens is 2. The van der Waals surface area contributed by atoms with Crippen molar-refractivity contribution in [1.29, 1.82) is 0 Å². The Bertz CT molecular complexity index is 609. The second-order valence-electron chi connectivity index (χ2n) is 5.29. The molecule has 1 aromatic carbocycles. The van der Waals surface area contributed by atoms with Gasteiger partial charge in [-0.05, 0) is 44.1 Å². The van der Waals surface area contributed by atoms with Crippen molar-refractivity contribution in [2.75, 3.05) is 19.6 Å². The van der Waals surface area contributed by atoms with E-state index in [1.54, 1.807) is 0 Å². The molecule has 3 rings (SSSR count). The fraction of sp³-hybridized carbons (Fsp3) is 0.467. The first-order valence-corrected chi connectivity index (χ1v) is 7.23. The normalized spacial score (nSPS) is 16.3. The molecule has 1 aliphatic rings. The van der Waals surface area contributed by atoms with Gasteiger partial charge in [0.15, 0.2) is 11.6 Å². The number of hydrogen-bond donors (Lipinski definition) is 0. The zero-order valence-electron chi connectivity index (χ0n) is 11.7. The summed E-state index contributed by atoms with van der Waals surface area (Å²) in [5, 5.41) is 3.83. The minimum Gasteiger partial charge on any atom is -0.339 e. The fourth-order valence-corrected chi connectivity index (χ4v) is 2.55. The number of piperidine rings is 1. The van der Waals surface area contributed by atoms with Gasteiger partial charge < -0.3 is 9.42 Å². The van der Waals surface area contributed by atoms with E-state index in [1.807, 2.05) is 0 Å². The first kappa shape index (κ1) is 14.1. The first-order valence-electron chi connectivity index (χ1n) is 7.23. The minimum absolute atomic E-state index is 0.294. The summed E-state index contributed by atoms with van der Waals surface area (Å²) in [6.07, 6.45) is 4.46. The summed E-state index contributed by atoms with van der Waals surface area (Å²) in [7, 11) is 0. The van der Waals surface area contributed by atoms with Crippen molar-refractivity contribution in [3.63, 3.8) is 0 Å². The molecule has 21 heavy (non-hydrogen) atoms. The number of rotatable bonds is 4. The molecular formula is C15H17F2N3O. The molecule has 0 aliphatic carbocycles. The van der Waals surface area contributed by atoms with Crippen molar-refractivity contribution < 1.29 is 13.3 Å². The SMILES string of the molecule is Fc1ccc(-c2noc(CCN3CCCCC3)n2)cc1F. The van der Waals surface area contributed by atoms with Crippen LogP contribution in [0.5, 0.6) is 0 Å². The second kappa shape index (κ2) is 6.30. The Balaban J connectivity index is 1.63. The summed E-state index contributed by atoms with van der Waals surface area (Å²) < 4.78 is 31.3. The Morgan fingerprint density at radius 2 is 1.90 bits per heavy atom. The highest BCUT2D eigenvalue weighted by Crippen LogP contribution is 2.19. The maximum Gasteiger partial charge on any atom is 0.228 e. The average Bonchev–Trinajstić information content (AvgIpc) is 2.98. The van der Waals surface area contributed by atoms with E-state index in [9.17, 15) is 8.78 Å². The van der Waals surface area contributed by atoms with Crippen LogP contribution in [-0.2, 0) is 6.42 Å². The summed E-state index contributed by atoms with van der Waals surface area (Å²) in [6, 6.07) is 3.58. The highest BCUT2D eigenvalue weighted by Gasteiger charge is 2.14. The summed E-state index contributed by atoms with van der Waals surface area (Å²) in [5.41, 5.74) is 0.418. The van der Waals surface area contributed by atoms with Crippen molar-refractivity contribution in [2.45, 2.75) is 25.7 Å². The van der Waals surface area contributed by atoms with Crippen molar-refractivity contribution in [3.8, 4) is 11.4 Å². The number of hydrogen-bond acceptors (Lipinski definition) is 4. The van der Waals surface area contributed by atoms with Gasteiger partial charge in [-0.1, -0.05) is 11.6 Å². The van der Waals surface area contributed by atoms with E-state index < -0.39 is 11.6 Å². The molecule has 0 amide bonds. The summed E-state index contributed by atoms with van der Waals surface area (Å²) in [4.78, 5) is 6.62. The maximum atomic E-state index is 13.2. The number of likely N-dealkylation sites (tertiary alicyclic amines) is 1. The van der Waals surface area contributed by atoms with Gasteiger partial charge in [0.2, 0.25) is 11.7 Å². The van der Waals surface area contributed by atoms with Gasteiger partial charge in [0.1, 0.15) is 0 Å². The molecule has 0 N–H and O–H groups in total. The van der Waals surface area contributed by atoms with E-state index in [0.29, 0.717) is 23.7 Å². The van der Waals surface area contributed by atoms with Crippen LogP contribution in [0.1, 0.15) is 25.2 Å². The molecular weight excluding hydrogens is 276 g/mol. The molecule has 0 saturated carbocycles. The molecule has 6 heteroatoms. The third-order valence-corrected chi connectivity index (χ3v) is 3.74. The molecule has 0 bridgehead atoms. The van der Waals surface area contributed by atoms with Crippen LogP contribution in [0, 0.1) is 11.6 Å². The molecule has 1 aliphatic heterocycles. The third kappa shape index (κ3) is 3.44. The van der Waals surface area contributed by atoms with E-state index in [-0.39, 0.29) is 0 Å². The lowest BCUT2D eigenvalue weighted by atomic mass is 10.1. The van der Waals surface area contributed by atoms with Gasteiger partial charge in [-0.25, -0.2) is 8.78 Å². The summed E-state index contributed by atoms with van der Waals surface area (Å²) in [6.45, 7) is 3.12. The van der Waals surface area contributed by atoms with Gasteiger partial charge in [0, 0.05) is 18.5 Å². The van der Waals surface area contributed by atoms with Gasteiger partial charge in [-0.2, -0.15) is 4.98 Å². The first-order chi connectivity index (χ1) is 10.2. The molecule has 0 unspecified atom stereocenters. The molecule has 2 heterocycles. The van der Waals surface area contributed by atoms with Crippen LogP contribution in [-0.4, -0.2) is 34.7 Å². The Morgan fingerprint density at radius 1 is 1.10 bits per heavy atom. The van der Waals surface area contributed by atoms with Crippen molar-refractivity contribution in [1.82, 2.24) is 15.0 Å². The molecule has 0 radical (unpaired) electrons. The van der Waals surface area contributed by atoms with Crippen molar-refractivity contribution in [3.05, 3.63) is 35.7 Å². The molecule has 0 atom stereocenters. The predicted octanol–water partition coefficient (Wildman–Crippen LogP) is 3.04. The molecule has 0 spiro atoms. The lowest BCUT2D eigenvalue weighted by Gasteiger charge is -2.25. The average molecular weight is 293 g/mol. The highest BCUT2D eigenvalue weighted by molar-refractivity contribution is 5.54. The topological polar surface area (TPSA) is 42.2 Å². The van der Waals surface area contributed by atoms with Crippen LogP contribution in [0.4, 0.5) is 8.78 Å². The number of benzene rings is 1. The van der Waals surface area contributed by atoms with E-state index >= 15 is 0 Å². The quantitative estimate of drug-likeness (QED) is 0.869. The Morgan fingerprint density at radius 3 is 2.67 bits per heavy atom. The Labute approximate surface area is 121 Å². The van der Waals surface area contributed by atoms with Gasteiger partial charge in [0.25, 0.3) is 0 Å². The predicted molar refractivity (Wildman–Crippen MR) is 73.6 cm³/mol. The molecule has 1 fully saturated rings. The maximum absolute atomic E-state index is 13.2. The van der Waals surface area contributed by atoms with Crippen LogP contribution >= 0.6 is 0 Å². The highest BCUT2D eigenvalue weighted by atomic mass is 19.2. The summed E-state index contributed by atoms with van der Waals surface area (Å²) in [5.74, 6) is -0.970. The standard InChI is InChI=1S/C15H17F2N3O/c16-12-5-4-11(10-13(12)17)15-18-14(21-19-15)6-9-20-7-2-1-3-8-20/h4-5,10H,1-3,6-9H2. The van der Waals surface area contributed by atoms with Crippen LogP contribution in [0.2, 0.25) is 0 Å². The zero-order valence-corrected chi connectivity index (χ0v) is 11.7. The second-order valence-corrected chi connectivity index (χ2v) is 5.29. The third-order valence-electron chi connectivity index (χ3n) is 3.74. The van der Waals surface area contributed by atoms with Crippen LogP contribution in [0.25, 0.3) is 11.4 Å².